The van der Waals surface area contributed by atoms with Gasteiger partial charge in [0.05, 0.1) is 0 Å². The molecule has 0 heterocycles. The van der Waals surface area contributed by atoms with Crippen molar-refractivity contribution < 1.29 is 9.59 Å². The van der Waals surface area contributed by atoms with Crippen LogP contribution in [0.3, 0.4) is 0 Å². The number of hydrogen-bond acceptors (Lipinski definition) is 2. The standard InChI is InChI=1S/C23H27Cl2N3O2/c24-20-10-8-19(9-11-20)22(29)26-13-16-4-6-17(7-5-16)14-27-23(30)28-15-18-2-1-3-21(25)12-18/h1-3,8-12,16-17H,4-7,13-15H2,(H,26,29)(H2,27,28,30). The number of carbonyl (C=O) groups excluding carboxylic acids is 2. The van der Waals surface area contributed by atoms with E-state index in [0.29, 0.717) is 47.1 Å². The SMILES string of the molecule is O=C(NCc1cccc(Cl)c1)NCC1CCC(CNC(=O)c2ccc(Cl)cc2)CC1. The van der Waals surface area contributed by atoms with Crippen molar-refractivity contribution in [1.82, 2.24) is 16.0 Å². The quantitative estimate of drug-likeness (QED) is 0.556. The van der Waals surface area contributed by atoms with E-state index >= 15 is 0 Å². The number of rotatable bonds is 7. The first-order valence-corrected chi connectivity index (χ1v) is 11.0. The monoisotopic (exact) mass is 447 g/mol. The molecule has 3 amide bonds. The fourth-order valence-electron chi connectivity index (χ4n) is 3.71. The van der Waals surface area contributed by atoms with Crippen LogP contribution < -0.4 is 16.0 Å². The molecule has 1 aliphatic rings. The van der Waals surface area contributed by atoms with E-state index < -0.39 is 0 Å². The summed E-state index contributed by atoms with van der Waals surface area (Å²) in [7, 11) is 0. The highest BCUT2D eigenvalue weighted by Crippen LogP contribution is 2.28. The van der Waals surface area contributed by atoms with E-state index in [1.807, 2.05) is 24.3 Å². The molecule has 0 radical (unpaired) electrons. The van der Waals surface area contributed by atoms with Crippen LogP contribution in [0.5, 0.6) is 0 Å². The third-order valence-corrected chi connectivity index (χ3v) is 6.00. The lowest BCUT2D eigenvalue weighted by Crippen LogP contribution is -2.39. The Balaban J connectivity index is 1.30. The summed E-state index contributed by atoms with van der Waals surface area (Å²) in [6.07, 6.45) is 4.21. The number of hydrogen-bond donors (Lipinski definition) is 3. The summed E-state index contributed by atoms with van der Waals surface area (Å²) in [5.41, 5.74) is 1.60. The highest BCUT2D eigenvalue weighted by atomic mass is 35.5. The van der Waals surface area contributed by atoms with Gasteiger partial charge in [0.2, 0.25) is 0 Å². The Morgan fingerprint density at radius 3 is 2.07 bits per heavy atom. The number of halogens is 2. The maximum Gasteiger partial charge on any atom is 0.315 e. The van der Waals surface area contributed by atoms with Crippen molar-refractivity contribution in [2.24, 2.45) is 11.8 Å². The zero-order valence-corrected chi connectivity index (χ0v) is 18.3. The predicted molar refractivity (Wildman–Crippen MR) is 121 cm³/mol. The van der Waals surface area contributed by atoms with Gasteiger partial charge in [-0.15, -0.1) is 0 Å². The summed E-state index contributed by atoms with van der Waals surface area (Å²) in [5.74, 6) is 0.895. The molecule has 0 unspecified atom stereocenters. The molecular formula is C23H27Cl2N3O2. The molecule has 3 rings (SSSR count). The van der Waals surface area contributed by atoms with Crippen LogP contribution in [0.15, 0.2) is 48.5 Å². The van der Waals surface area contributed by atoms with Crippen LogP contribution in [0.25, 0.3) is 0 Å². The summed E-state index contributed by atoms with van der Waals surface area (Å²) >= 11 is 11.8. The van der Waals surface area contributed by atoms with Crippen molar-refractivity contribution in [3.8, 4) is 0 Å². The molecule has 0 spiro atoms. The number of nitrogens with one attached hydrogen (secondary N) is 3. The number of urea groups is 1. The minimum atomic E-state index is -0.160. The molecule has 3 N–H and O–H groups in total. The Bertz CT molecular complexity index is 850. The summed E-state index contributed by atoms with van der Waals surface area (Å²) in [5, 5.41) is 10.1. The molecule has 1 aliphatic carbocycles. The summed E-state index contributed by atoms with van der Waals surface area (Å²) in [6.45, 7) is 1.80. The lowest BCUT2D eigenvalue weighted by atomic mass is 9.82. The van der Waals surface area contributed by atoms with Gasteiger partial charge in [0.1, 0.15) is 0 Å². The lowest BCUT2D eigenvalue weighted by Gasteiger charge is -2.28. The second kappa shape index (κ2) is 11.2. The van der Waals surface area contributed by atoms with Crippen LogP contribution in [-0.4, -0.2) is 25.0 Å². The topological polar surface area (TPSA) is 70.2 Å². The smallest absolute Gasteiger partial charge is 0.315 e. The Kier molecular flexibility index (Phi) is 8.40. The second-order valence-electron chi connectivity index (χ2n) is 7.80. The average Bonchev–Trinajstić information content (AvgIpc) is 2.76. The van der Waals surface area contributed by atoms with E-state index in [2.05, 4.69) is 16.0 Å². The third-order valence-electron chi connectivity index (χ3n) is 5.52. The molecule has 5 nitrogen and oxygen atoms in total. The fraction of sp³-hybridized carbons (Fsp3) is 0.391. The number of carbonyl (C=O) groups is 2. The maximum absolute atomic E-state index is 12.2. The molecule has 30 heavy (non-hydrogen) atoms. The van der Waals surface area contributed by atoms with Gasteiger partial charge in [-0.25, -0.2) is 4.79 Å². The predicted octanol–water partition coefficient (Wildman–Crippen LogP) is 5.03. The van der Waals surface area contributed by atoms with Crippen LogP contribution in [-0.2, 0) is 6.54 Å². The molecule has 0 saturated heterocycles. The molecule has 1 saturated carbocycles. The highest BCUT2D eigenvalue weighted by molar-refractivity contribution is 6.30. The van der Waals surface area contributed by atoms with Gasteiger partial charge in [-0.05, 0) is 79.5 Å². The van der Waals surface area contributed by atoms with Crippen LogP contribution in [0.4, 0.5) is 4.79 Å². The van der Waals surface area contributed by atoms with E-state index in [1.54, 1.807) is 24.3 Å². The lowest BCUT2D eigenvalue weighted by molar-refractivity contribution is 0.0941. The molecule has 160 valence electrons. The molecule has 0 aliphatic heterocycles. The molecule has 0 bridgehead atoms. The van der Waals surface area contributed by atoms with E-state index in [1.165, 1.54) is 0 Å². The Labute approximate surface area is 187 Å². The van der Waals surface area contributed by atoms with E-state index in [4.69, 9.17) is 23.2 Å². The minimum absolute atomic E-state index is 0.0631. The van der Waals surface area contributed by atoms with Crippen molar-refractivity contribution in [3.05, 3.63) is 69.7 Å². The molecular weight excluding hydrogens is 421 g/mol. The van der Waals surface area contributed by atoms with Crippen molar-refractivity contribution in [2.45, 2.75) is 32.2 Å². The fourth-order valence-corrected chi connectivity index (χ4v) is 4.05. The Morgan fingerprint density at radius 2 is 1.43 bits per heavy atom. The zero-order chi connectivity index (χ0) is 21.3. The molecule has 0 atom stereocenters. The Hall–Kier alpha value is -2.24. The molecule has 7 heteroatoms. The van der Waals surface area contributed by atoms with Crippen LogP contribution in [0.2, 0.25) is 10.0 Å². The largest absolute Gasteiger partial charge is 0.352 e. The van der Waals surface area contributed by atoms with E-state index in [0.717, 1.165) is 31.2 Å². The number of amides is 3. The average molecular weight is 448 g/mol. The number of benzene rings is 2. The van der Waals surface area contributed by atoms with Gasteiger partial charge in [0, 0.05) is 35.2 Å². The van der Waals surface area contributed by atoms with Crippen LogP contribution >= 0.6 is 23.2 Å². The summed E-state index contributed by atoms with van der Waals surface area (Å²) < 4.78 is 0. The van der Waals surface area contributed by atoms with Gasteiger partial charge in [-0.2, -0.15) is 0 Å². The first-order valence-electron chi connectivity index (χ1n) is 10.3. The van der Waals surface area contributed by atoms with Gasteiger partial charge in [0.25, 0.3) is 5.91 Å². The highest BCUT2D eigenvalue weighted by Gasteiger charge is 2.22. The maximum atomic E-state index is 12.2. The van der Waals surface area contributed by atoms with Crippen molar-refractivity contribution in [2.75, 3.05) is 13.1 Å². The normalized spacial score (nSPS) is 18.5. The molecule has 2 aromatic carbocycles. The van der Waals surface area contributed by atoms with Crippen molar-refractivity contribution >= 4 is 35.1 Å². The Morgan fingerprint density at radius 1 is 0.800 bits per heavy atom. The third kappa shape index (κ3) is 7.22. The van der Waals surface area contributed by atoms with E-state index in [9.17, 15) is 9.59 Å². The van der Waals surface area contributed by atoms with Gasteiger partial charge < -0.3 is 16.0 Å². The zero-order valence-electron chi connectivity index (χ0n) is 16.8. The molecule has 1 fully saturated rings. The van der Waals surface area contributed by atoms with Crippen molar-refractivity contribution in [3.63, 3.8) is 0 Å². The first kappa shape index (κ1) is 22.4. The second-order valence-corrected chi connectivity index (χ2v) is 8.67. The van der Waals surface area contributed by atoms with E-state index in [-0.39, 0.29) is 11.9 Å². The minimum Gasteiger partial charge on any atom is -0.352 e. The van der Waals surface area contributed by atoms with Crippen LogP contribution in [0.1, 0.15) is 41.6 Å². The van der Waals surface area contributed by atoms with Gasteiger partial charge in [-0.1, -0.05) is 35.3 Å². The van der Waals surface area contributed by atoms with Gasteiger partial charge >= 0.3 is 6.03 Å². The van der Waals surface area contributed by atoms with Gasteiger partial charge in [0.15, 0.2) is 0 Å². The first-order chi connectivity index (χ1) is 14.5. The van der Waals surface area contributed by atoms with Gasteiger partial charge in [-0.3, -0.25) is 4.79 Å². The van der Waals surface area contributed by atoms with Crippen molar-refractivity contribution in [1.29, 1.82) is 0 Å². The summed E-state index contributed by atoms with van der Waals surface area (Å²) in [6, 6.07) is 14.2. The summed E-state index contributed by atoms with van der Waals surface area (Å²) in [4.78, 5) is 24.2. The molecule has 2 aromatic rings. The van der Waals surface area contributed by atoms with Crippen LogP contribution in [0, 0.1) is 11.8 Å². The molecule has 0 aromatic heterocycles.